The predicted molar refractivity (Wildman–Crippen MR) is 111 cm³/mol. The third-order valence-electron chi connectivity index (χ3n) is 3.95. The zero-order valence-electron chi connectivity index (χ0n) is 15.2. The molecule has 29 heavy (non-hydrogen) atoms. The number of hydrogen-bond donors (Lipinski definition) is 1. The van der Waals surface area contributed by atoms with Crippen molar-refractivity contribution in [2.24, 2.45) is 0 Å². The molecule has 1 saturated heterocycles. The number of nitrogens with one attached hydrogen (secondary N) is 1. The molecule has 0 spiro atoms. The maximum atomic E-state index is 12.5. The lowest BCUT2D eigenvalue weighted by atomic mass is 10.1. The summed E-state index contributed by atoms with van der Waals surface area (Å²) in [6.45, 7) is -0.422. The van der Waals surface area contributed by atoms with Gasteiger partial charge in [0.25, 0.3) is 11.1 Å². The van der Waals surface area contributed by atoms with Crippen molar-refractivity contribution in [2.45, 2.75) is 0 Å². The van der Waals surface area contributed by atoms with Gasteiger partial charge in [-0.2, -0.15) is 0 Å². The van der Waals surface area contributed by atoms with Crippen LogP contribution in [0.3, 0.4) is 0 Å². The van der Waals surface area contributed by atoms with Gasteiger partial charge in [-0.3, -0.25) is 19.3 Å². The highest BCUT2D eigenvalue weighted by Gasteiger charge is 2.36. The van der Waals surface area contributed by atoms with Crippen LogP contribution in [0.25, 0.3) is 6.08 Å². The number of ether oxygens (including phenoxy) is 1. The molecule has 0 radical (unpaired) electrons. The van der Waals surface area contributed by atoms with Gasteiger partial charge in [-0.05, 0) is 47.7 Å². The number of carbonyl (C=O) groups is 4. The minimum atomic E-state index is -0.564. The number of benzene rings is 2. The summed E-state index contributed by atoms with van der Waals surface area (Å²) in [5.41, 5.74) is 1.39. The van der Waals surface area contributed by atoms with Crippen LogP contribution in [0.4, 0.5) is 10.5 Å². The fourth-order valence-corrected chi connectivity index (χ4v) is 3.54. The van der Waals surface area contributed by atoms with Crippen LogP contribution < -0.4 is 5.32 Å². The number of imide groups is 1. The Labute approximate surface area is 175 Å². The number of methoxy groups -OCH3 is 1. The maximum absolute atomic E-state index is 12.5. The van der Waals surface area contributed by atoms with E-state index in [2.05, 4.69) is 10.1 Å². The van der Waals surface area contributed by atoms with E-state index in [1.807, 2.05) is 0 Å². The minimum Gasteiger partial charge on any atom is -0.465 e. The standard InChI is InChI=1S/C20H15ClN2O5S/c1-28-19(26)13-8-6-12(7-9-13)10-16-18(25)23(20(27)29-16)11-17(24)22-15-5-3-2-4-14(15)21/h2-10H,11H2,1H3,(H,22,24)/b16-10+. The first-order valence-corrected chi connectivity index (χ1v) is 9.56. The molecule has 1 aliphatic heterocycles. The largest absolute Gasteiger partial charge is 0.465 e. The molecule has 148 valence electrons. The van der Waals surface area contributed by atoms with Crippen molar-refractivity contribution in [3.05, 3.63) is 69.6 Å². The Morgan fingerprint density at radius 1 is 1.14 bits per heavy atom. The zero-order valence-corrected chi connectivity index (χ0v) is 16.8. The molecule has 0 aromatic heterocycles. The Bertz CT molecular complexity index is 1020. The first-order chi connectivity index (χ1) is 13.9. The molecule has 0 bridgehead atoms. The number of para-hydroxylation sites is 1. The average Bonchev–Trinajstić information content (AvgIpc) is 2.97. The molecule has 3 rings (SSSR count). The smallest absolute Gasteiger partial charge is 0.337 e. The summed E-state index contributed by atoms with van der Waals surface area (Å²) in [5.74, 6) is -1.57. The van der Waals surface area contributed by atoms with Gasteiger partial charge in [-0.15, -0.1) is 0 Å². The molecule has 0 atom stereocenters. The monoisotopic (exact) mass is 430 g/mol. The molecule has 3 amide bonds. The molecule has 0 unspecified atom stereocenters. The van der Waals surface area contributed by atoms with E-state index >= 15 is 0 Å². The van der Waals surface area contributed by atoms with Crippen LogP contribution >= 0.6 is 23.4 Å². The fraction of sp³-hybridized carbons (Fsp3) is 0.100. The predicted octanol–water partition coefficient (Wildman–Crippen LogP) is 3.80. The van der Waals surface area contributed by atoms with E-state index in [9.17, 15) is 19.2 Å². The first kappa shape index (κ1) is 20.6. The number of esters is 1. The molecule has 0 saturated carbocycles. The van der Waals surface area contributed by atoms with E-state index in [4.69, 9.17) is 11.6 Å². The van der Waals surface area contributed by atoms with Crippen LogP contribution in [0.2, 0.25) is 5.02 Å². The molecule has 1 aliphatic rings. The highest BCUT2D eigenvalue weighted by molar-refractivity contribution is 8.18. The molecule has 2 aromatic carbocycles. The van der Waals surface area contributed by atoms with Gasteiger partial charge in [0.15, 0.2) is 0 Å². The summed E-state index contributed by atoms with van der Waals surface area (Å²) in [4.78, 5) is 49.5. The normalized spacial score (nSPS) is 15.0. The second-order valence-electron chi connectivity index (χ2n) is 5.91. The number of thioether (sulfide) groups is 1. The number of nitrogens with zero attached hydrogens (tertiary/aromatic N) is 1. The summed E-state index contributed by atoms with van der Waals surface area (Å²) in [6.07, 6.45) is 1.53. The lowest BCUT2D eigenvalue weighted by Gasteiger charge is -2.13. The number of anilines is 1. The van der Waals surface area contributed by atoms with Gasteiger partial charge in [0.05, 0.1) is 28.3 Å². The third-order valence-corrected chi connectivity index (χ3v) is 5.19. The van der Waals surface area contributed by atoms with E-state index < -0.39 is 29.6 Å². The highest BCUT2D eigenvalue weighted by atomic mass is 35.5. The van der Waals surface area contributed by atoms with Crippen molar-refractivity contribution >= 4 is 58.1 Å². The fourth-order valence-electron chi connectivity index (χ4n) is 2.52. The van der Waals surface area contributed by atoms with E-state index in [1.165, 1.54) is 13.2 Å². The molecule has 1 fully saturated rings. The lowest BCUT2D eigenvalue weighted by Crippen LogP contribution is -2.36. The molecule has 1 N–H and O–H groups in total. The van der Waals surface area contributed by atoms with Crippen LogP contribution in [0, 0.1) is 0 Å². The number of hydrogen-bond acceptors (Lipinski definition) is 6. The molecule has 7 nitrogen and oxygen atoms in total. The number of rotatable bonds is 5. The van der Waals surface area contributed by atoms with Crippen LogP contribution in [0.15, 0.2) is 53.4 Å². The van der Waals surface area contributed by atoms with Crippen molar-refractivity contribution in [1.29, 1.82) is 0 Å². The van der Waals surface area contributed by atoms with E-state index in [0.717, 1.165) is 16.7 Å². The van der Waals surface area contributed by atoms with Crippen LogP contribution in [-0.2, 0) is 14.3 Å². The Kier molecular flexibility index (Phi) is 6.36. The summed E-state index contributed by atoms with van der Waals surface area (Å²) >= 11 is 6.74. The Morgan fingerprint density at radius 3 is 2.48 bits per heavy atom. The topological polar surface area (TPSA) is 92.8 Å². The van der Waals surface area contributed by atoms with E-state index in [1.54, 1.807) is 48.5 Å². The van der Waals surface area contributed by atoms with Crippen molar-refractivity contribution in [3.8, 4) is 0 Å². The molecule has 1 heterocycles. The van der Waals surface area contributed by atoms with E-state index in [-0.39, 0.29) is 4.91 Å². The Balaban J connectivity index is 1.69. The number of carbonyl (C=O) groups excluding carboxylic acids is 4. The van der Waals surface area contributed by atoms with Gasteiger partial charge in [-0.25, -0.2) is 4.79 Å². The molecular formula is C20H15ClN2O5S. The lowest BCUT2D eigenvalue weighted by molar-refractivity contribution is -0.127. The quantitative estimate of drug-likeness (QED) is 0.573. The van der Waals surface area contributed by atoms with Crippen molar-refractivity contribution in [2.75, 3.05) is 19.0 Å². The van der Waals surface area contributed by atoms with Gasteiger partial charge in [0, 0.05) is 0 Å². The number of halogens is 1. The van der Waals surface area contributed by atoms with Crippen LogP contribution in [0.5, 0.6) is 0 Å². The van der Waals surface area contributed by atoms with Gasteiger partial charge in [0.1, 0.15) is 6.54 Å². The van der Waals surface area contributed by atoms with Crippen molar-refractivity contribution in [1.82, 2.24) is 4.90 Å². The van der Waals surface area contributed by atoms with Gasteiger partial charge >= 0.3 is 5.97 Å². The van der Waals surface area contributed by atoms with Gasteiger partial charge in [-0.1, -0.05) is 35.9 Å². The van der Waals surface area contributed by atoms with Gasteiger partial charge < -0.3 is 10.1 Å². The Hall–Kier alpha value is -3.10. The summed E-state index contributed by atoms with van der Waals surface area (Å²) < 4.78 is 4.63. The third kappa shape index (κ3) is 4.85. The average molecular weight is 431 g/mol. The summed E-state index contributed by atoms with van der Waals surface area (Å²) in [5, 5.41) is 2.39. The van der Waals surface area contributed by atoms with Crippen molar-refractivity contribution in [3.63, 3.8) is 0 Å². The molecular weight excluding hydrogens is 416 g/mol. The highest BCUT2D eigenvalue weighted by Crippen LogP contribution is 2.32. The first-order valence-electron chi connectivity index (χ1n) is 8.37. The molecule has 9 heteroatoms. The summed E-state index contributed by atoms with van der Waals surface area (Å²) in [7, 11) is 1.29. The summed E-state index contributed by atoms with van der Waals surface area (Å²) in [6, 6.07) is 13.0. The maximum Gasteiger partial charge on any atom is 0.337 e. The number of amides is 3. The van der Waals surface area contributed by atoms with Gasteiger partial charge in [0.2, 0.25) is 5.91 Å². The van der Waals surface area contributed by atoms with E-state index in [0.29, 0.717) is 21.8 Å². The minimum absolute atomic E-state index is 0.186. The van der Waals surface area contributed by atoms with Crippen LogP contribution in [0.1, 0.15) is 15.9 Å². The Morgan fingerprint density at radius 2 is 1.83 bits per heavy atom. The van der Waals surface area contributed by atoms with Crippen LogP contribution in [-0.4, -0.2) is 41.6 Å². The molecule has 0 aliphatic carbocycles. The second-order valence-corrected chi connectivity index (χ2v) is 7.31. The molecule has 2 aromatic rings. The van der Waals surface area contributed by atoms with Crippen molar-refractivity contribution < 1.29 is 23.9 Å². The second kappa shape index (κ2) is 8.93. The SMILES string of the molecule is COC(=O)c1ccc(/C=C2/SC(=O)N(CC(=O)Nc3ccccc3Cl)C2=O)cc1. The zero-order chi connectivity index (χ0) is 21.0.